The van der Waals surface area contributed by atoms with E-state index in [2.05, 4.69) is 39.4 Å². The molecule has 3 heterocycles. The molecule has 2 aromatic rings. The summed E-state index contributed by atoms with van der Waals surface area (Å²) in [7, 11) is 0. The van der Waals surface area contributed by atoms with Crippen LogP contribution in [0.15, 0.2) is 29.6 Å². The van der Waals surface area contributed by atoms with E-state index in [1.54, 1.807) is 11.3 Å². The van der Waals surface area contributed by atoms with E-state index >= 15 is 0 Å². The first-order valence-electron chi connectivity index (χ1n) is 10.4. The first-order valence-corrected chi connectivity index (χ1v) is 11.2. The van der Waals surface area contributed by atoms with Gasteiger partial charge >= 0.3 is 0 Å². The molecule has 0 bridgehead atoms. The lowest BCUT2D eigenvalue weighted by Gasteiger charge is -2.37. The maximum absolute atomic E-state index is 11.2. The van der Waals surface area contributed by atoms with Crippen LogP contribution in [0.2, 0.25) is 0 Å². The molecule has 3 aliphatic rings. The second-order valence-corrected chi connectivity index (χ2v) is 9.57. The summed E-state index contributed by atoms with van der Waals surface area (Å²) in [5.74, 6) is 0.928. The minimum Gasteiger partial charge on any atom is -0.383 e. The molecule has 2 fully saturated rings. The lowest BCUT2D eigenvalue weighted by Crippen LogP contribution is -2.43. The molecule has 0 spiro atoms. The Morgan fingerprint density at radius 2 is 1.85 bits per heavy atom. The highest BCUT2D eigenvalue weighted by atomic mass is 32.1. The number of piperidine rings is 1. The first-order chi connectivity index (χ1) is 13.2. The number of hydrogen-bond acceptors (Lipinski definition) is 5. The molecule has 5 heteroatoms. The molecule has 2 aliphatic heterocycles. The molecule has 1 N–H and O–H groups in total. The van der Waals surface area contributed by atoms with Gasteiger partial charge in [-0.05, 0) is 49.1 Å². The fraction of sp³-hybridized carbons (Fsp3) is 0.591. The Bertz CT molecular complexity index is 792. The number of likely N-dealkylation sites (tertiary alicyclic amines) is 1. The molecule has 1 aliphatic carbocycles. The molecule has 5 rings (SSSR count). The van der Waals surface area contributed by atoms with Crippen molar-refractivity contribution in [2.45, 2.75) is 50.8 Å². The average Bonchev–Trinajstić information content (AvgIpc) is 3.38. The molecule has 1 aromatic carbocycles. The highest BCUT2D eigenvalue weighted by molar-refractivity contribution is 7.09. The Hall–Kier alpha value is -1.27. The van der Waals surface area contributed by atoms with Gasteiger partial charge in [0.2, 0.25) is 0 Å². The minimum atomic E-state index is -0.719. The Morgan fingerprint density at radius 1 is 1.07 bits per heavy atom. The van der Waals surface area contributed by atoms with Gasteiger partial charge in [0.15, 0.2) is 0 Å². The molecule has 144 valence electrons. The monoisotopic (exact) mass is 383 g/mol. The zero-order chi connectivity index (χ0) is 18.3. The van der Waals surface area contributed by atoms with Crippen LogP contribution in [0.4, 0.5) is 0 Å². The summed E-state index contributed by atoms with van der Waals surface area (Å²) >= 11 is 1.71. The van der Waals surface area contributed by atoms with Crippen LogP contribution in [0, 0.1) is 5.92 Å². The van der Waals surface area contributed by atoms with Crippen LogP contribution in [0.1, 0.15) is 47.5 Å². The number of aliphatic hydroxyl groups is 1. The predicted octanol–water partition coefficient (Wildman–Crippen LogP) is 3.39. The second kappa shape index (κ2) is 7.28. The Balaban J connectivity index is 1.20. The van der Waals surface area contributed by atoms with E-state index in [1.165, 1.54) is 30.5 Å². The third-order valence-corrected chi connectivity index (χ3v) is 7.33. The van der Waals surface area contributed by atoms with Crippen molar-refractivity contribution in [1.29, 1.82) is 0 Å². The third kappa shape index (κ3) is 3.97. The van der Waals surface area contributed by atoms with Crippen molar-refractivity contribution >= 4 is 11.3 Å². The number of aromatic nitrogens is 1. The summed E-state index contributed by atoms with van der Waals surface area (Å²) in [5, 5.41) is 14.4. The van der Waals surface area contributed by atoms with E-state index in [4.69, 9.17) is 4.98 Å². The average molecular weight is 384 g/mol. The van der Waals surface area contributed by atoms with Crippen LogP contribution in [0.3, 0.4) is 0 Å². The van der Waals surface area contributed by atoms with Crippen LogP contribution in [0.25, 0.3) is 0 Å². The lowest BCUT2D eigenvalue weighted by atomic mass is 9.88. The molecule has 0 atom stereocenters. The molecule has 4 nitrogen and oxygen atoms in total. The van der Waals surface area contributed by atoms with Gasteiger partial charge in [-0.2, -0.15) is 0 Å². The summed E-state index contributed by atoms with van der Waals surface area (Å²) in [6, 6.07) is 8.76. The van der Waals surface area contributed by atoms with Crippen LogP contribution in [0.5, 0.6) is 0 Å². The number of rotatable bonds is 5. The van der Waals surface area contributed by atoms with Crippen LogP contribution in [-0.4, -0.2) is 46.1 Å². The van der Waals surface area contributed by atoms with Crippen LogP contribution in [-0.2, 0) is 25.1 Å². The van der Waals surface area contributed by atoms with E-state index in [9.17, 15) is 5.11 Å². The topological polar surface area (TPSA) is 39.6 Å². The molecule has 1 aromatic heterocycles. The van der Waals surface area contributed by atoms with E-state index < -0.39 is 5.60 Å². The molecule has 1 saturated carbocycles. The number of hydrogen-bond donors (Lipinski definition) is 1. The van der Waals surface area contributed by atoms with E-state index in [0.29, 0.717) is 0 Å². The van der Waals surface area contributed by atoms with Crippen molar-refractivity contribution in [2.24, 2.45) is 5.92 Å². The zero-order valence-corrected chi connectivity index (χ0v) is 16.8. The highest BCUT2D eigenvalue weighted by Crippen LogP contribution is 2.36. The van der Waals surface area contributed by atoms with E-state index in [0.717, 1.165) is 68.6 Å². The van der Waals surface area contributed by atoms with Crippen molar-refractivity contribution in [1.82, 2.24) is 14.8 Å². The SMILES string of the molecule is OC1(c2csc(CN3CCc4ccccc4C3)n2)CCN(CC2CC2)CC1. The van der Waals surface area contributed by atoms with Gasteiger partial charge in [-0.15, -0.1) is 11.3 Å². The van der Waals surface area contributed by atoms with Crippen molar-refractivity contribution in [3.63, 3.8) is 0 Å². The molecule has 27 heavy (non-hydrogen) atoms. The van der Waals surface area contributed by atoms with E-state index in [-0.39, 0.29) is 0 Å². The van der Waals surface area contributed by atoms with Gasteiger partial charge in [0, 0.05) is 38.1 Å². The largest absolute Gasteiger partial charge is 0.383 e. The zero-order valence-electron chi connectivity index (χ0n) is 15.9. The van der Waals surface area contributed by atoms with Gasteiger partial charge in [0.05, 0.1) is 12.2 Å². The summed E-state index contributed by atoms with van der Waals surface area (Å²) in [6.07, 6.45) is 5.56. The Kier molecular flexibility index (Phi) is 4.80. The maximum Gasteiger partial charge on any atom is 0.110 e. The number of nitrogens with zero attached hydrogens (tertiary/aromatic N) is 3. The number of benzene rings is 1. The smallest absolute Gasteiger partial charge is 0.110 e. The predicted molar refractivity (Wildman–Crippen MR) is 109 cm³/mol. The number of thiazole rings is 1. The normalized spacial score (nSPS) is 23.3. The van der Waals surface area contributed by atoms with Gasteiger partial charge < -0.3 is 10.0 Å². The van der Waals surface area contributed by atoms with Crippen LogP contribution < -0.4 is 0 Å². The first kappa shape index (κ1) is 17.8. The molecule has 1 saturated heterocycles. The summed E-state index contributed by atoms with van der Waals surface area (Å²) in [5.41, 5.74) is 3.12. The Labute approximate surface area is 165 Å². The van der Waals surface area contributed by atoms with Gasteiger partial charge in [-0.25, -0.2) is 4.98 Å². The fourth-order valence-corrected chi connectivity index (χ4v) is 5.43. The highest BCUT2D eigenvalue weighted by Gasteiger charge is 2.37. The molecule has 0 amide bonds. The molecule has 0 radical (unpaired) electrons. The Morgan fingerprint density at radius 3 is 2.63 bits per heavy atom. The van der Waals surface area contributed by atoms with Crippen molar-refractivity contribution in [3.8, 4) is 0 Å². The maximum atomic E-state index is 11.2. The number of fused-ring (bicyclic) bond motifs is 1. The van der Waals surface area contributed by atoms with Gasteiger partial charge in [-0.1, -0.05) is 24.3 Å². The standard InChI is InChI=1S/C22H29N3OS/c26-22(8-11-24(12-9-22)13-17-5-6-17)20-16-27-21(23-20)15-25-10-7-18-3-1-2-4-19(18)14-25/h1-4,16-17,26H,5-15H2. The summed E-state index contributed by atoms with van der Waals surface area (Å²) < 4.78 is 0. The summed E-state index contributed by atoms with van der Waals surface area (Å²) in [4.78, 5) is 9.87. The van der Waals surface area contributed by atoms with Gasteiger partial charge in [0.25, 0.3) is 0 Å². The van der Waals surface area contributed by atoms with Crippen molar-refractivity contribution in [2.75, 3.05) is 26.2 Å². The minimum absolute atomic E-state index is 0.719. The quantitative estimate of drug-likeness (QED) is 0.859. The van der Waals surface area contributed by atoms with Gasteiger partial charge in [-0.3, -0.25) is 4.90 Å². The molecular formula is C22H29N3OS. The molecule has 0 unspecified atom stereocenters. The van der Waals surface area contributed by atoms with Crippen molar-refractivity contribution < 1.29 is 5.11 Å². The van der Waals surface area contributed by atoms with E-state index in [1.807, 2.05) is 0 Å². The van der Waals surface area contributed by atoms with Crippen LogP contribution >= 0.6 is 11.3 Å². The third-order valence-electron chi connectivity index (χ3n) is 6.49. The summed E-state index contributed by atoms with van der Waals surface area (Å²) in [6.45, 7) is 6.22. The fourth-order valence-electron chi connectivity index (χ4n) is 4.50. The van der Waals surface area contributed by atoms with Gasteiger partial charge in [0.1, 0.15) is 10.6 Å². The van der Waals surface area contributed by atoms with Crippen molar-refractivity contribution in [3.05, 3.63) is 51.5 Å². The lowest BCUT2D eigenvalue weighted by molar-refractivity contribution is -0.0298. The second-order valence-electron chi connectivity index (χ2n) is 8.63. The molecular weight excluding hydrogens is 354 g/mol.